The first-order chi connectivity index (χ1) is 9.11. The maximum absolute atomic E-state index is 11.9. The predicted molar refractivity (Wildman–Crippen MR) is 73.7 cm³/mol. The van der Waals surface area contributed by atoms with Crippen LogP contribution in [-0.2, 0) is 11.2 Å². The second kappa shape index (κ2) is 5.93. The molecule has 0 atom stereocenters. The fraction of sp³-hybridized carbons (Fsp3) is 0.267. The van der Waals surface area contributed by atoms with Crippen molar-refractivity contribution in [1.29, 1.82) is 0 Å². The molecule has 0 fully saturated rings. The van der Waals surface area contributed by atoms with Crippen LogP contribution in [0, 0.1) is 6.92 Å². The molecule has 0 amide bonds. The van der Waals surface area contributed by atoms with E-state index in [1.165, 1.54) is 0 Å². The van der Waals surface area contributed by atoms with E-state index in [1.807, 2.05) is 24.3 Å². The van der Waals surface area contributed by atoms with Gasteiger partial charge in [-0.2, -0.15) is 0 Å². The van der Waals surface area contributed by atoms with E-state index in [1.54, 1.807) is 20.1 Å². The van der Waals surface area contributed by atoms with Crippen molar-refractivity contribution in [1.82, 2.24) is 0 Å². The van der Waals surface area contributed by atoms with Crippen molar-refractivity contribution < 1.29 is 13.9 Å². The van der Waals surface area contributed by atoms with Gasteiger partial charge < -0.3 is 9.15 Å². The molecule has 19 heavy (non-hydrogen) atoms. The molecule has 100 valence electrons. The average molecular weight is 279 g/mol. The Morgan fingerprint density at radius 3 is 2.63 bits per heavy atom. The van der Waals surface area contributed by atoms with Gasteiger partial charge in [-0.15, -0.1) is 0 Å². The zero-order chi connectivity index (χ0) is 13.8. The van der Waals surface area contributed by atoms with Gasteiger partial charge in [0, 0.05) is 17.0 Å². The van der Waals surface area contributed by atoms with Gasteiger partial charge in [-0.05, 0) is 31.5 Å². The van der Waals surface area contributed by atoms with Gasteiger partial charge >= 0.3 is 5.97 Å². The highest BCUT2D eigenvalue weighted by Crippen LogP contribution is 2.22. The monoisotopic (exact) mass is 278 g/mol. The second-order valence-electron chi connectivity index (χ2n) is 4.22. The standard InChI is InChI=1S/C15H15ClO3/c1-3-18-15(17)14-10(2)19-9-12(14)8-11-4-6-13(16)7-5-11/h4-7,9H,3,8H2,1-2H3. The third kappa shape index (κ3) is 3.18. The lowest BCUT2D eigenvalue weighted by molar-refractivity contribution is 0.0523. The van der Waals surface area contributed by atoms with E-state index < -0.39 is 0 Å². The Balaban J connectivity index is 2.25. The van der Waals surface area contributed by atoms with E-state index in [2.05, 4.69) is 0 Å². The lowest BCUT2D eigenvalue weighted by Gasteiger charge is -2.04. The van der Waals surface area contributed by atoms with Crippen LogP contribution in [0.25, 0.3) is 0 Å². The van der Waals surface area contributed by atoms with Gasteiger partial charge in [0.15, 0.2) is 0 Å². The van der Waals surface area contributed by atoms with Gasteiger partial charge in [-0.25, -0.2) is 4.79 Å². The van der Waals surface area contributed by atoms with Crippen LogP contribution in [0.3, 0.4) is 0 Å². The molecule has 0 aliphatic rings. The van der Waals surface area contributed by atoms with Crippen LogP contribution in [0.2, 0.25) is 5.02 Å². The minimum atomic E-state index is -0.335. The number of esters is 1. The summed E-state index contributed by atoms with van der Waals surface area (Å²) in [4.78, 5) is 11.9. The fourth-order valence-electron chi connectivity index (χ4n) is 1.93. The number of rotatable bonds is 4. The molecule has 0 spiro atoms. The predicted octanol–water partition coefficient (Wildman–Crippen LogP) is 4.01. The van der Waals surface area contributed by atoms with Gasteiger partial charge in [-0.1, -0.05) is 23.7 Å². The van der Waals surface area contributed by atoms with E-state index >= 15 is 0 Å². The summed E-state index contributed by atoms with van der Waals surface area (Å²) in [6, 6.07) is 7.51. The van der Waals surface area contributed by atoms with Crippen molar-refractivity contribution in [2.75, 3.05) is 6.61 Å². The summed E-state index contributed by atoms with van der Waals surface area (Å²) < 4.78 is 10.4. The van der Waals surface area contributed by atoms with Gasteiger partial charge in [0.05, 0.1) is 12.9 Å². The van der Waals surface area contributed by atoms with Gasteiger partial charge in [-0.3, -0.25) is 0 Å². The minimum absolute atomic E-state index is 0.335. The maximum Gasteiger partial charge on any atom is 0.341 e. The summed E-state index contributed by atoms with van der Waals surface area (Å²) in [5.74, 6) is 0.250. The summed E-state index contributed by atoms with van der Waals surface area (Å²) in [6.45, 7) is 3.90. The van der Waals surface area contributed by atoms with Crippen LogP contribution in [-0.4, -0.2) is 12.6 Å². The van der Waals surface area contributed by atoms with Crippen molar-refractivity contribution >= 4 is 17.6 Å². The Morgan fingerprint density at radius 2 is 2.00 bits per heavy atom. The van der Waals surface area contributed by atoms with Crippen LogP contribution < -0.4 is 0 Å². The Kier molecular flexibility index (Phi) is 4.27. The highest BCUT2D eigenvalue weighted by Gasteiger charge is 2.19. The summed E-state index contributed by atoms with van der Waals surface area (Å²) in [5, 5.41) is 0.692. The lowest BCUT2D eigenvalue weighted by atomic mass is 10.0. The summed E-state index contributed by atoms with van der Waals surface area (Å²) in [5.41, 5.74) is 2.42. The number of hydrogen-bond acceptors (Lipinski definition) is 3. The molecule has 0 saturated carbocycles. The first-order valence-corrected chi connectivity index (χ1v) is 6.48. The van der Waals surface area contributed by atoms with E-state index in [0.29, 0.717) is 29.4 Å². The zero-order valence-corrected chi connectivity index (χ0v) is 11.7. The minimum Gasteiger partial charge on any atom is -0.468 e. The van der Waals surface area contributed by atoms with Crippen molar-refractivity contribution in [2.24, 2.45) is 0 Å². The molecule has 0 N–H and O–H groups in total. The Bertz CT molecular complexity index is 570. The van der Waals surface area contributed by atoms with Gasteiger partial charge in [0.25, 0.3) is 0 Å². The third-order valence-corrected chi connectivity index (χ3v) is 3.09. The van der Waals surface area contributed by atoms with Crippen LogP contribution >= 0.6 is 11.6 Å². The van der Waals surface area contributed by atoms with Crippen molar-refractivity contribution in [3.63, 3.8) is 0 Å². The van der Waals surface area contributed by atoms with Crippen LogP contribution in [0.15, 0.2) is 34.9 Å². The molecule has 0 aliphatic carbocycles. The topological polar surface area (TPSA) is 39.4 Å². The Hall–Kier alpha value is -1.74. The van der Waals surface area contributed by atoms with E-state index in [-0.39, 0.29) is 5.97 Å². The lowest BCUT2D eigenvalue weighted by Crippen LogP contribution is -2.08. The zero-order valence-electron chi connectivity index (χ0n) is 10.9. The third-order valence-electron chi connectivity index (χ3n) is 2.84. The molecule has 1 aromatic carbocycles. The van der Waals surface area contributed by atoms with Crippen molar-refractivity contribution in [3.05, 3.63) is 58.0 Å². The summed E-state index contributed by atoms with van der Waals surface area (Å²) >= 11 is 5.85. The molecule has 1 aromatic heterocycles. The Labute approximate surface area is 117 Å². The maximum atomic E-state index is 11.9. The smallest absolute Gasteiger partial charge is 0.341 e. The quantitative estimate of drug-likeness (QED) is 0.793. The number of ether oxygens (including phenoxy) is 1. The Morgan fingerprint density at radius 1 is 1.32 bits per heavy atom. The number of carbonyl (C=O) groups excluding carboxylic acids is 1. The number of halogens is 1. The molecule has 0 radical (unpaired) electrons. The first kappa shape index (κ1) is 13.7. The molecule has 0 saturated heterocycles. The van der Waals surface area contributed by atoms with Crippen molar-refractivity contribution in [3.8, 4) is 0 Å². The van der Waals surface area contributed by atoms with Crippen LogP contribution in [0.4, 0.5) is 0 Å². The van der Waals surface area contributed by atoms with Gasteiger partial charge in [0.1, 0.15) is 11.3 Å². The first-order valence-electron chi connectivity index (χ1n) is 6.10. The van der Waals surface area contributed by atoms with Crippen LogP contribution in [0.1, 0.15) is 34.2 Å². The van der Waals surface area contributed by atoms with Gasteiger partial charge in [0.2, 0.25) is 0 Å². The summed E-state index contributed by atoms with van der Waals surface area (Å²) in [7, 11) is 0. The SMILES string of the molecule is CCOC(=O)c1c(Cc2ccc(Cl)cc2)coc1C. The highest BCUT2D eigenvalue weighted by atomic mass is 35.5. The second-order valence-corrected chi connectivity index (χ2v) is 4.65. The number of hydrogen-bond donors (Lipinski definition) is 0. The van der Waals surface area contributed by atoms with E-state index in [9.17, 15) is 4.79 Å². The fourth-order valence-corrected chi connectivity index (χ4v) is 2.06. The molecule has 2 rings (SSSR count). The molecular weight excluding hydrogens is 264 g/mol. The normalized spacial score (nSPS) is 10.5. The highest BCUT2D eigenvalue weighted by molar-refractivity contribution is 6.30. The van der Waals surface area contributed by atoms with E-state index in [0.717, 1.165) is 11.1 Å². The molecule has 1 heterocycles. The average Bonchev–Trinajstić information content (AvgIpc) is 2.74. The van der Waals surface area contributed by atoms with Crippen LogP contribution in [0.5, 0.6) is 0 Å². The molecule has 0 unspecified atom stereocenters. The van der Waals surface area contributed by atoms with Crippen molar-refractivity contribution in [2.45, 2.75) is 20.3 Å². The number of aryl methyl sites for hydroxylation is 1. The van der Waals surface area contributed by atoms with E-state index in [4.69, 9.17) is 20.8 Å². The molecule has 0 aliphatic heterocycles. The molecular formula is C15H15ClO3. The number of benzene rings is 1. The molecule has 2 aromatic rings. The largest absolute Gasteiger partial charge is 0.468 e. The molecule has 0 bridgehead atoms. The number of carbonyl (C=O) groups is 1. The summed E-state index contributed by atoms with van der Waals surface area (Å²) in [6.07, 6.45) is 2.22. The molecule has 3 nitrogen and oxygen atoms in total. The molecule has 4 heteroatoms. The number of furan rings is 1.